The van der Waals surface area contributed by atoms with Gasteiger partial charge >= 0.3 is 0 Å². The molecule has 0 bridgehead atoms. The highest BCUT2D eigenvalue weighted by atomic mass is 79.9. The van der Waals surface area contributed by atoms with Crippen LogP contribution in [0.5, 0.6) is 5.75 Å². The molecule has 8 heteroatoms. The van der Waals surface area contributed by atoms with Gasteiger partial charge in [-0.15, -0.1) is 11.3 Å². The second-order valence-electron chi connectivity index (χ2n) is 5.80. The van der Waals surface area contributed by atoms with E-state index in [0.29, 0.717) is 11.1 Å². The van der Waals surface area contributed by atoms with Gasteiger partial charge in [0.1, 0.15) is 11.4 Å². The van der Waals surface area contributed by atoms with E-state index >= 15 is 0 Å². The molecule has 0 aliphatic heterocycles. The molecule has 0 saturated heterocycles. The lowest BCUT2D eigenvalue weighted by Crippen LogP contribution is -2.32. The highest BCUT2D eigenvalue weighted by Crippen LogP contribution is 2.20. The molecular weight excluding hydrogens is 454 g/mol. The zero-order chi connectivity index (χ0) is 20.6. The van der Waals surface area contributed by atoms with Gasteiger partial charge in [0, 0.05) is 20.5 Å². The number of aromatic hydroxyl groups is 1. The third kappa shape index (κ3) is 5.87. The van der Waals surface area contributed by atoms with Gasteiger partial charge in [0.2, 0.25) is 0 Å². The van der Waals surface area contributed by atoms with Gasteiger partial charge < -0.3 is 10.4 Å². The molecule has 0 spiro atoms. The third-order valence-corrected chi connectivity index (χ3v) is 5.03. The van der Waals surface area contributed by atoms with Crippen LogP contribution in [0.3, 0.4) is 0 Å². The van der Waals surface area contributed by atoms with Crippen LogP contribution in [0.4, 0.5) is 0 Å². The van der Waals surface area contributed by atoms with Crippen LogP contribution in [0.1, 0.15) is 20.8 Å². The number of thiophene rings is 1. The molecule has 0 aliphatic carbocycles. The number of phenols is 1. The van der Waals surface area contributed by atoms with Crippen molar-refractivity contribution < 1.29 is 14.7 Å². The fourth-order valence-electron chi connectivity index (χ4n) is 2.31. The van der Waals surface area contributed by atoms with Crippen molar-refractivity contribution >= 4 is 51.4 Å². The van der Waals surface area contributed by atoms with Gasteiger partial charge in [-0.25, -0.2) is 5.43 Å². The number of hydrogen-bond donors (Lipinski definition) is 3. The number of rotatable bonds is 6. The predicted molar refractivity (Wildman–Crippen MR) is 118 cm³/mol. The summed E-state index contributed by atoms with van der Waals surface area (Å²) in [5.41, 5.74) is 3.28. The zero-order valence-electron chi connectivity index (χ0n) is 15.0. The van der Waals surface area contributed by atoms with Gasteiger partial charge in [-0.05, 0) is 47.9 Å². The van der Waals surface area contributed by atoms with E-state index in [4.69, 9.17) is 0 Å². The van der Waals surface area contributed by atoms with Crippen molar-refractivity contribution in [3.8, 4) is 5.75 Å². The Morgan fingerprint density at radius 3 is 2.59 bits per heavy atom. The quantitative estimate of drug-likeness (QED) is 0.287. The van der Waals surface area contributed by atoms with Crippen molar-refractivity contribution in [3.05, 3.63) is 92.2 Å². The van der Waals surface area contributed by atoms with Crippen molar-refractivity contribution in [3.63, 3.8) is 0 Å². The van der Waals surface area contributed by atoms with Gasteiger partial charge in [0.15, 0.2) is 0 Å². The highest BCUT2D eigenvalue weighted by molar-refractivity contribution is 9.10. The van der Waals surface area contributed by atoms with E-state index in [1.165, 1.54) is 23.6 Å². The number of amides is 2. The van der Waals surface area contributed by atoms with E-state index in [9.17, 15) is 14.7 Å². The van der Waals surface area contributed by atoms with Crippen LogP contribution in [0.25, 0.3) is 6.08 Å². The first kappa shape index (κ1) is 20.5. The van der Waals surface area contributed by atoms with Gasteiger partial charge in [-0.3, -0.25) is 9.59 Å². The van der Waals surface area contributed by atoms with Crippen molar-refractivity contribution in [2.75, 3.05) is 0 Å². The van der Waals surface area contributed by atoms with Crippen LogP contribution in [0.15, 0.2) is 81.3 Å². The second-order valence-corrected chi connectivity index (χ2v) is 7.69. The zero-order valence-corrected chi connectivity index (χ0v) is 17.4. The van der Waals surface area contributed by atoms with E-state index < -0.39 is 11.8 Å². The summed E-state index contributed by atoms with van der Waals surface area (Å²) in [6.07, 6.45) is 2.90. The molecule has 0 unspecified atom stereocenters. The number of carbonyl (C=O) groups excluding carboxylic acids is 2. The van der Waals surface area contributed by atoms with E-state index in [1.807, 2.05) is 17.5 Å². The average Bonchev–Trinajstić information content (AvgIpc) is 3.23. The Hall–Kier alpha value is -3.23. The van der Waals surface area contributed by atoms with Crippen LogP contribution in [-0.2, 0) is 4.79 Å². The summed E-state index contributed by atoms with van der Waals surface area (Å²) >= 11 is 4.74. The molecule has 29 heavy (non-hydrogen) atoms. The summed E-state index contributed by atoms with van der Waals surface area (Å²) < 4.78 is 0.761. The minimum Gasteiger partial charge on any atom is -0.507 e. The molecule has 0 saturated carbocycles. The molecule has 1 heterocycles. The standard InChI is InChI=1S/C21H16BrN3O3S/c22-16-8-9-19(26)15(11-16)13-23-25-21(28)18(12-17-7-4-10-29-17)24-20(27)14-5-2-1-3-6-14/h1-13,26H,(H,24,27)(H,25,28)/b18-12?,23-13+. The Bertz CT molecular complexity index is 1060. The number of nitrogens with one attached hydrogen (secondary N) is 2. The maximum Gasteiger partial charge on any atom is 0.287 e. The number of hydrogen-bond acceptors (Lipinski definition) is 5. The number of phenolic OH excluding ortho intramolecular Hbond substituents is 1. The summed E-state index contributed by atoms with van der Waals surface area (Å²) in [4.78, 5) is 25.9. The molecule has 3 N–H and O–H groups in total. The average molecular weight is 470 g/mol. The minimum atomic E-state index is -0.589. The number of hydrazone groups is 1. The fraction of sp³-hybridized carbons (Fsp3) is 0. The molecule has 146 valence electrons. The van der Waals surface area contributed by atoms with E-state index in [-0.39, 0.29) is 11.4 Å². The second kappa shape index (κ2) is 9.81. The maximum atomic E-state index is 12.6. The van der Waals surface area contributed by atoms with E-state index in [1.54, 1.807) is 48.5 Å². The lowest BCUT2D eigenvalue weighted by molar-refractivity contribution is -0.117. The van der Waals surface area contributed by atoms with Crippen molar-refractivity contribution in [2.24, 2.45) is 5.10 Å². The molecule has 0 aliphatic rings. The van der Waals surface area contributed by atoms with Gasteiger partial charge in [-0.2, -0.15) is 5.10 Å². The van der Waals surface area contributed by atoms with E-state index in [0.717, 1.165) is 9.35 Å². The molecule has 0 atom stereocenters. The van der Waals surface area contributed by atoms with E-state index in [2.05, 4.69) is 31.8 Å². The largest absolute Gasteiger partial charge is 0.507 e. The lowest BCUT2D eigenvalue weighted by atomic mass is 10.2. The Labute approximate surface area is 179 Å². The van der Waals surface area contributed by atoms with Crippen LogP contribution in [0, 0.1) is 0 Å². The van der Waals surface area contributed by atoms with Gasteiger partial charge in [-0.1, -0.05) is 40.2 Å². The Morgan fingerprint density at radius 2 is 1.86 bits per heavy atom. The summed E-state index contributed by atoms with van der Waals surface area (Å²) in [6, 6.07) is 17.1. The summed E-state index contributed by atoms with van der Waals surface area (Å²) in [7, 11) is 0. The normalized spacial score (nSPS) is 11.4. The number of benzene rings is 2. The van der Waals surface area contributed by atoms with Crippen molar-refractivity contribution in [2.45, 2.75) is 0 Å². The molecule has 3 aromatic rings. The highest BCUT2D eigenvalue weighted by Gasteiger charge is 2.14. The molecular formula is C21H16BrN3O3S. The molecule has 2 amide bonds. The third-order valence-electron chi connectivity index (χ3n) is 3.72. The SMILES string of the molecule is O=C(N/N=C/c1cc(Br)ccc1O)C(=Cc1cccs1)NC(=O)c1ccccc1. The molecule has 2 aromatic carbocycles. The van der Waals surface area contributed by atoms with Crippen molar-refractivity contribution in [1.82, 2.24) is 10.7 Å². The lowest BCUT2D eigenvalue weighted by Gasteiger charge is -2.08. The first-order valence-electron chi connectivity index (χ1n) is 8.46. The number of nitrogens with zero attached hydrogens (tertiary/aromatic N) is 1. The molecule has 3 rings (SSSR count). The maximum absolute atomic E-state index is 12.6. The summed E-state index contributed by atoms with van der Waals surface area (Å²) in [5.74, 6) is -0.969. The monoisotopic (exact) mass is 469 g/mol. The first-order valence-corrected chi connectivity index (χ1v) is 10.1. The molecule has 1 aromatic heterocycles. The van der Waals surface area contributed by atoms with Gasteiger partial charge in [0.25, 0.3) is 11.8 Å². The molecule has 0 fully saturated rings. The van der Waals surface area contributed by atoms with Gasteiger partial charge in [0.05, 0.1) is 6.21 Å². The molecule has 0 radical (unpaired) electrons. The smallest absolute Gasteiger partial charge is 0.287 e. The topological polar surface area (TPSA) is 90.8 Å². The minimum absolute atomic E-state index is 0.0259. The molecule has 6 nitrogen and oxygen atoms in total. The first-order chi connectivity index (χ1) is 14.0. The summed E-state index contributed by atoms with van der Waals surface area (Å²) in [6.45, 7) is 0. The Kier molecular flexibility index (Phi) is 6.94. The van der Waals surface area contributed by atoms with Crippen LogP contribution in [-0.4, -0.2) is 23.1 Å². The van der Waals surface area contributed by atoms with Crippen LogP contribution >= 0.6 is 27.3 Å². The summed E-state index contributed by atoms with van der Waals surface area (Å²) in [5, 5.41) is 18.2. The van der Waals surface area contributed by atoms with Crippen molar-refractivity contribution in [1.29, 1.82) is 0 Å². The Balaban J connectivity index is 1.77. The van der Waals surface area contributed by atoms with Crippen LogP contribution in [0.2, 0.25) is 0 Å². The number of halogens is 1. The number of carbonyl (C=O) groups is 2. The fourth-order valence-corrected chi connectivity index (χ4v) is 3.34. The van der Waals surface area contributed by atoms with Crippen LogP contribution < -0.4 is 10.7 Å². The Morgan fingerprint density at radius 1 is 1.07 bits per heavy atom. The predicted octanol–water partition coefficient (Wildman–Crippen LogP) is 4.14.